The highest BCUT2D eigenvalue weighted by atomic mass is 16.6. The first-order chi connectivity index (χ1) is 9.61. The normalized spacial score (nSPS) is 11.4. The summed E-state index contributed by atoms with van der Waals surface area (Å²) < 4.78 is 0. The lowest BCUT2D eigenvalue weighted by atomic mass is 10.1. The third-order valence-electron chi connectivity index (χ3n) is 2.99. The van der Waals surface area contributed by atoms with Crippen molar-refractivity contribution in [3.8, 4) is 6.07 Å². The summed E-state index contributed by atoms with van der Waals surface area (Å²) >= 11 is 0. The Balaban J connectivity index is 2.26. The van der Waals surface area contributed by atoms with E-state index in [0.29, 0.717) is 11.3 Å². The van der Waals surface area contributed by atoms with Crippen LogP contribution in [-0.4, -0.2) is 4.92 Å². The number of hydrogen-bond donors (Lipinski definition) is 1. The molecular formula is C15H13N3O2. The number of nitrogens with one attached hydrogen (secondary N) is 1. The minimum Gasteiger partial charge on any atom is -0.373 e. The van der Waals surface area contributed by atoms with E-state index in [0.717, 1.165) is 5.56 Å². The molecule has 1 atom stereocenters. The molecule has 1 unspecified atom stereocenters. The van der Waals surface area contributed by atoms with E-state index in [4.69, 9.17) is 5.26 Å². The van der Waals surface area contributed by atoms with Gasteiger partial charge in [0.25, 0.3) is 5.69 Å². The monoisotopic (exact) mass is 267 g/mol. The third kappa shape index (κ3) is 2.93. The van der Waals surface area contributed by atoms with Gasteiger partial charge in [0.2, 0.25) is 0 Å². The van der Waals surface area contributed by atoms with E-state index in [9.17, 15) is 10.1 Å². The molecule has 0 radical (unpaired) electrons. The lowest BCUT2D eigenvalue weighted by Gasteiger charge is -2.15. The predicted molar refractivity (Wildman–Crippen MR) is 76.3 cm³/mol. The second kappa shape index (κ2) is 5.85. The van der Waals surface area contributed by atoms with E-state index in [1.54, 1.807) is 36.4 Å². The van der Waals surface area contributed by atoms with Gasteiger partial charge in [-0.1, -0.05) is 24.3 Å². The number of nitrogens with zero attached hydrogens (tertiary/aromatic N) is 2. The molecule has 0 aliphatic heterocycles. The molecule has 0 aromatic heterocycles. The molecule has 0 saturated carbocycles. The molecule has 5 heteroatoms. The minimum atomic E-state index is -0.416. The fraction of sp³-hybridized carbons (Fsp3) is 0.133. The molecule has 5 nitrogen and oxygen atoms in total. The molecule has 1 N–H and O–H groups in total. The molecule has 2 rings (SSSR count). The minimum absolute atomic E-state index is 0.0378. The molecule has 100 valence electrons. The van der Waals surface area contributed by atoms with Crippen LogP contribution in [0.25, 0.3) is 0 Å². The summed E-state index contributed by atoms with van der Waals surface area (Å²) in [5.41, 5.74) is 1.98. The number of nitriles is 1. The van der Waals surface area contributed by atoms with Crippen LogP contribution in [0.4, 0.5) is 11.4 Å². The van der Waals surface area contributed by atoms with Crippen LogP contribution in [-0.2, 0) is 0 Å². The summed E-state index contributed by atoms with van der Waals surface area (Å²) in [7, 11) is 0. The van der Waals surface area contributed by atoms with E-state index in [1.807, 2.05) is 13.0 Å². The summed E-state index contributed by atoms with van der Waals surface area (Å²) in [5.74, 6) is 0. The Morgan fingerprint density at radius 3 is 2.70 bits per heavy atom. The van der Waals surface area contributed by atoms with Gasteiger partial charge in [-0.2, -0.15) is 5.26 Å². The zero-order chi connectivity index (χ0) is 14.5. The number of para-hydroxylation sites is 2. The third-order valence-corrected chi connectivity index (χ3v) is 2.99. The standard InChI is InChI=1S/C15H13N3O2/c1-11(13-6-4-5-12(9-13)10-16)17-14-7-2-3-8-15(14)18(19)20/h2-9,11,17H,1H3. The maximum absolute atomic E-state index is 11.0. The van der Waals surface area contributed by atoms with Crippen LogP contribution < -0.4 is 5.32 Å². The number of nitro benzene ring substituents is 1. The molecule has 2 aromatic carbocycles. The van der Waals surface area contributed by atoms with E-state index < -0.39 is 4.92 Å². The maximum Gasteiger partial charge on any atom is 0.292 e. The smallest absolute Gasteiger partial charge is 0.292 e. The van der Waals surface area contributed by atoms with Crippen LogP contribution in [0.2, 0.25) is 0 Å². The maximum atomic E-state index is 11.0. The first kappa shape index (κ1) is 13.6. The second-order valence-corrected chi connectivity index (χ2v) is 4.38. The van der Waals surface area contributed by atoms with Gasteiger partial charge in [-0.05, 0) is 30.7 Å². The highest BCUT2D eigenvalue weighted by Gasteiger charge is 2.15. The van der Waals surface area contributed by atoms with Crippen molar-refractivity contribution in [1.82, 2.24) is 0 Å². The van der Waals surface area contributed by atoms with Crippen molar-refractivity contribution in [3.05, 3.63) is 69.8 Å². The number of anilines is 1. The van der Waals surface area contributed by atoms with Crippen LogP contribution in [0.1, 0.15) is 24.1 Å². The van der Waals surface area contributed by atoms with Crippen LogP contribution in [0.15, 0.2) is 48.5 Å². The molecule has 0 bridgehead atoms. The van der Waals surface area contributed by atoms with Crippen molar-refractivity contribution in [3.63, 3.8) is 0 Å². The molecule has 2 aromatic rings. The van der Waals surface area contributed by atoms with Gasteiger partial charge in [-0.25, -0.2) is 0 Å². The molecule has 0 aliphatic rings. The molecule has 0 spiro atoms. The van der Waals surface area contributed by atoms with Crippen molar-refractivity contribution < 1.29 is 4.92 Å². The highest BCUT2D eigenvalue weighted by molar-refractivity contribution is 5.62. The van der Waals surface area contributed by atoms with E-state index in [1.165, 1.54) is 6.07 Å². The number of nitro groups is 1. The predicted octanol–water partition coefficient (Wildman–Crippen LogP) is 3.64. The Morgan fingerprint density at radius 2 is 2.00 bits per heavy atom. The molecule has 0 amide bonds. The van der Waals surface area contributed by atoms with E-state index in [2.05, 4.69) is 11.4 Å². The molecule has 0 fully saturated rings. The van der Waals surface area contributed by atoms with Gasteiger partial charge in [0, 0.05) is 12.1 Å². The van der Waals surface area contributed by atoms with Gasteiger partial charge in [0.1, 0.15) is 5.69 Å². The van der Waals surface area contributed by atoms with Gasteiger partial charge >= 0.3 is 0 Å². The summed E-state index contributed by atoms with van der Waals surface area (Å²) in [4.78, 5) is 10.5. The molecule has 0 aliphatic carbocycles. The van der Waals surface area contributed by atoms with Crippen LogP contribution in [0, 0.1) is 21.4 Å². The van der Waals surface area contributed by atoms with Crippen molar-refractivity contribution in [2.75, 3.05) is 5.32 Å². The first-order valence-electron chi connectivity index (χ1n) is 6.12. The molecular weight excluding hydrogens is 254 g/mol. The summed E-state index contributed by atoms with van der Waals surface area (Å²) in [5, 5.41) is 23.0. The average molecular weight is 267 g/mol. The molecule has 0 saturated heterocycles. The fourth-order valence-corrected chi connectivity index (χ4v) is 1.95. The van der Waals surface area contributed by atoms with Crippen molar-refractivity contribution in [2.45, 2.75) is 13.0 Å². The largest absolute Gasteiger partial charge is 0.373 e. The summed E-state index contributed by atoms with van der Waals surface area (Å²) in [6.07, 6.45) is 0. The Bertz CT molecular complexity index is 677. The van der Waals surface area contributed by atoms with E-state index >= 15 is 0 Å². The summed E-state index contributed by atoms with van der Waals surface area (Å²) in [6, 6.07) is 15.6. The fourth-order valence-electron chi connectivity index (χ4n) is 1.95. The number of benzene rings is 2. The van der Waals surface area contributed by atoms with Crippen LogP contribution >= 0.6 is 0 Å². The number of hydrogen-bond acceptors (Lipinski definition) is 4. The zero-order valence-electron chi connectivity index (χ0n) is 10.9. The van der Waals surface area contributed by atoms with Gasteiger partial charge < -0.3 is 5.32 Å². The van der Waals surface area contributed by atoms with Crippen LogP contribution in [0.3, 0.4) is 0 Å². The molecule has 0 heterocycles. The highest BCUT2D eigenvalue weighted by Crippen LogP contribution is 2.27. The van der Waals surface area contributed by atoms with Crippen molar-refractivity contribution in [2.24, 2.45) is 0 Å². The van der Waals surface area contributed by atoms with Gasteiger partial charge in [-0.15, -0.1) is 0 Å². The first-order valence-corrected chi connectivity index (χ1v) is 6.12. The Kier molecular flexibility index (Phi) is 3.96. The lowest BCUT2D eigenvalue weighted by molar-refractivity contribution is -0.384. The Labute approximate surface area is 116 Å². The Morgan fingerprint density at radius 1 is 1.25 bits per heavy atom. The average Bonchev–Trinajstić information content (AvgIpc) is 2.47. The second-order valence-electron chi connectivity index (χ2n) is 4.38. The van der Waals surface area contributed by atoms with Crippen molar-refractivity contribution >= 4 is 11.4 Å². The number of rotatable bonds is 4. The Hall–Kier alpha value is -2.87. The SMILES string of the molecule is CC(Nc1ccccc1[N+](=O)[O-])c1cccc(C#N)c1. The van der Waals surface area contributed by atoms with Gasteiger partial charge in [0.15, 0.2) is 0 Å². The summed E-state index contributed by atoms with van der Waals surface area (Å²) in [6.45, 7) is 1.90. The van der Waals surface area contributed by atoms with E-state index in [-0.39, 0.29) is 11.7 Å². The zero-order valence-corrected chi connectivity index (χ0v) is 10.9. The topological polar surface area (TPSA) is 79.0 Å². The van der Waals surface area contributed by atoms with Crippen molar-refractivity contribution in [1.29, 1.82) is 5.26 Å². The molecule has 20 heavy (non-hydrogen) atoms. The lowest BCUT2D eigenvalue weighted by Crippen LogP contribution is -2.08. The van der Waals surface area contributed by atoms with Gasteiger partial charge in [0.05, 0.1) is 16.6 Å². The quantitative estimate of drug-likeness (QED) is 0.677. The van der Waals surface area contributed by atoms with Gasteiger partial charge in [-0.3, -0.25) is 10.1 Å². The van der Waals surface area contributed by atoms with Crippen LogP contribution in [0.5, 0.6) is 0 Å².